The first-order valence-electron chi connectivity index (χ1n) is 7.20. The highest BCUT2D eigenvalue weighted by Crippen LogP contribution is 2.58. The molecule has 3 heteroatoms. The van der Waals surface area contributed by atoms with E-state index in [2.05, 4.69) is 24.5 Å². The maximum absolute atomic E-state index is 12.1. The number of amides is 1. The van der Waals surface area contributed by atoms with Gasteiger partial charge in [0.2, 0.25) is 5.91 Å². The molecule has 2 N–H and O–H groups in total. The average Bonchev–Trinajstić information content (AvgIpc) is 3.05. The normalized spacial score (nSPS) is 26.2. The van der Waals surface area contributed by atoms with Crippen LogP contribution in [0, 0.1) is 17.3 Å². The molecule has 98 valence electrons. The van der Waals surface area contributed by atoms with Crippen molar-refractivity contribution >= 4 is 5.91 Å². The highest BCUT2D eigenvalue weighted by atomic mass is 16.2. The number of hydrogen-bond acceptors (Lipinski definition) is 2. The maximum Gasteiger partial charge on any atom is 0.223 e. The van der Waals surface area contributed by atoms with Gasteiger partial charge in [0.15, 0.2) is 0 Å². The lowest BCUT2D eigenvalue weighted by Crippen LogP contribution is -2.35. The van der Waals surface area contributed by atoms with E-state index < -0.39 is 0 Å². The van der Waals surface area contributed by atoms with Crippen molar-refractivity contribution in [1.29, 1.82) is 0 Å². The Morgan fingerprint density at radius 2 is 2.00 bits per heavy atom. The van der Waals surface area contributed by atoms with E-state index in [9.17, 15) is 4.79 Å². The van der Waals surface area contributed by atoms with Crippen molar-refractivity contribution in [2.24, 2.45) is 17.3 Å². The van der Waals surface area contributed by atoms with Crippen molar-refractivity contribution in [3.05, 3.63) is 0 Å². The fraction of sp³-hybridized carbons (Fsp3) is 0.929. The van der Waals surface area contributed by atoms with E-state index in [0.717, 1.165) is 38.9 Å². The quantitative estimate of drug-likeness (QED) is 0.768. The monoisotopic (exact) mass is 238 g/mol. The molecular formula is C14H26N2O. The smallest absolute Gasteiger partial charge is 0.223 e. The summed E-state index contributed by atoms with van der Waals surface area (Å²) in [6.45, 7) is 7.46. The van der Waals surface area contributed by atoms with Gasteiger partial charge in [0.1, 0.15) is 0 Å². The highest BCUT2D eigenvalue weighted by molar-refractivity contribution is 5.82. The number of hydrogen-bond donors (Lipinski definition) is 2. The average molecular weight is 238 g/mol. The molecule has 1 aliphatic heterocycles. The summed E-state index contributed by atoms with van der Waals surface area (Å²) in [6, 6.07) is 0. The van der Waals surface area contributed by atoms with Crippen molar-refractivity contribution < 1.29 is 4.79 Å². The van der Waals surface area contributed by atoms with Gasteiger partial charge in [-0.1, -0.05) is 26.7 Å². The topological polar surface area (TPSA) is 41.1 Å². The standard InChI is InChI=1S/C14H26N2O/c1-3-11(4-2)10-16-13(17)12-9-14(12)5-7-15-8-6-14/h11-12,15H,3-10H2,1-2H3,(H,16,17). The van der Waals surface area contributed by atoms with Crippen LogP contribution in [0.4, 0.5) is 0 Å². The van der Waals surface area contributed by atoms with Gasteiger partial charge >= 0.3 is 0 Å². The molecule has 0 aromatic carbocycles. The van der Waals surface area contributed by atoms with Crippen LogP contribution in [0.25, 0.3) is 0 Å². The summed E-state index contributed by atoms with van der Waals surface area (Å²) in [5.74, 6) is 1.29. The predicted octanol–water partition coefficient (Wildman–Crippen LogP) is 1.93. The van der Waals surface area contributed by atoms with E-state index in [1.165, 1.54) is 12.8 Å². The zero-order valence-corrected chi connectivity index (χ0v) is 11.2. The molecule has 3 nitrogen and oxygen atoms in total. The van der Waals surface area contributed by atoms with Crippen molar-refractivity contribution in [3.63, 3.8) is 0 Å². The first kappa shape index (κ1) is 12.9. The van der Waals surface area contributed by atoms with Gasteiger partial charge in [-0.2, -0.15) is 0 Å². The van der Waals surface area contributed by atoms with Crippen LogP contribution in [0.5, 0.6) is 0 Å². The van der Waals surface area contributed by atoms with Crippen molar-refractivity contribution in [2.45, 2.75) is 46.0 Å². The maximum atomic E-state index is 12.1. The Morgan fingerprint density at radius 3 is 2.59 bits per heavy atom. The Hall–Kier alpha value is -0.570. The molecule has 1 saturated heterocycles. The van der Waals surface area contributed by atoms with Crippen LogP contribution in [-0.4, -0.2) is 25.5 Å². The van der Waals surface area contributed by atoms with Gasteiger partial charge in [0.05, 0.1) is 0 Å². The molecule has 1 unspecified atom stereocenters. The fourth-order valence-electron chi connectivity index (χ4n) is 3.14. The summed E-state index contributed by atoms with van der Waals surface area (Å²) >= 11 is 0. The van der Waals surface area contributed by atoms with Gasteiger partial charge in [-0.25, -0.2) is 0 Å². The van der Waals surface area contributed by atoms with Gasteiger partial charge in [0, 0.05) is 12.5 Å². The minimum absolute atomic E-state index is 0.318. The van der Waals surface area contributed by atoms with Crippen LogP contribution < -0.4 is 10.6 Å². The Morgan fingerprint density at radius 1 is 1.35 bits per heavy atom. The first-order valence-corrected chi connectivity index (χ1v) is 7.20. The molecule has 1 aliphatic carbocycles. The molecule has 1 heterocycles. The van der Waals surface area contributed by atoms with Crippen molar-refractivity contribution in [1.82, 2.24) is 10.6 Å². The highest BCUT2D eigenvalue weighted by Gasteiger charge is 2.57. The van der Waals surface area contributed by atoms with Crippen LogP contribution in [0.15, 0.2) is 0 Å². The number of carbonyl (C=O) groups excluding carboxylic acids is 1. The molecular weight excluding hydrogens is 212 g/mol. The molecule has 2 rings (SSSR count). The lowest BCUT2D eigenvalue weighted by atomic mass is 9.91. The van der Waals surface area contributed by atoms with E-state index in [0.29, 0.717) is 23.2 Å². The molecule has 1 spiro atoms. The number of rotatable bonds is 5. The Kier molecular flexibility index (Phi) is 4.08. The summed E-state index contributed by atoms with van der Waals surface area (Å²) in [6.07, 6.45) is 5.84. The van der Waals surface area contributed by atoms with Crippen molar-refractivity contribution in [3.8, 4) is 0 Å². The first-order chi connectivity index (χ1) is 8.22. The molecule has 0 aromatic rings. The van der Waals surface area contributed by atoms with E-state index in [1.54, 1.807) is 0 Å². The lowest BCUT2D eigenvalue weighted by Gasteiger charge is -2.23. The third kappa shape index (κ3) is 2.82. The predicted molar refractivity (Wildman–Crippen MR) is 69.7 cm³/mol. The fourth-order valence-corrected chi connectivity index (χ4v) is 3.14. The lowest BCUT2D eigenvalue weighted by molar-refractivity contribution is -0.123. The zero-order chi connectivity index (χ0) is 12.3. The Labute approximate surface area is 105 Å². The molecule has 2 aliphatic rings. The van der Waals surface area contributed by atoms with Gasteiger partial charge in [-0.05, 0) is 43.7 Å². The molecule has 1 amide bonds. The second kappa shape index (κ2) is 5.38. The number of nitrogens with one attached hydrogen (secondary N) is 2. The summed E-state index contributed by atoms with van der Waals surface area (Å²) in [5.41, 5.74) is 0.378. The molecule has 1 saturated carbocycles. The van der Waals surface area contributed by atoms with Crippen LogP contribution >= 0.6 is 0 Å². The van der Waals surface area contributed by atoms with Crippen LogP contribution in [0.2, 0.25) is 0 Å². The molecule has 0 aromatic heterocycles. The molecule has 0 bridgehead atoms. The third-order valence-electron chi connectivity index (χ3n) is 4.83. The summed E-state index contributed by atoms with van der Waals surface area (Å²) in [7, 11) is 0. The molecule has 2 fully saturated rings. The van der Waals surface area contributed by atoms with Gasteiger partial charge in [0.25, 0.3) is 0 Å². The van der Waals surface area contributed by atoms with E-state index >= 15 is 0 Å². The Bertz CT molecular complexity index is 267. The summed E-state index contributed by atoms with van der Waals surface area (Å²) in [4.78, 5) is 12.1. The van der Waals surface area contributed by atoms with Crippen molar-refractivity contribution in [2.75, 3.05) is 19.6 Å². The van der Waals surface area contributed by atoms with E-state index in [1.807, 2.05) is 0 Å². The van der Waals surface area contributed by atoms with Crippen LogP contribution in [0.1, 0.15) is 46.0 Å². The second-order valence-electron chi connectivity index (χ2n) is 5.80. The molecule has 0 radical (unpaired) electrons. The van der Waals surface area contributed by atoms with Gasteiger partial charge in [-0.3, -0.25) is 4.79 Å². The van der Waals surface area contributed by atoms with E-state index in [-0.39, 0.29) is 0 Å². The minimum Gasteiger partial charge on any atom is -0.356 e. The molecule has 17 heavy (non-hydrogen) atoms. The zero-order valence-electron chi connectivity index (χ0n) is 11.2. The van der Waals surface area contributed by atoms with E-state index in [4.69, 9.17) is 0 Å². The Balaban J connectivity index is 1.74. The van der Waals surface area contributed by atoms with Gasteiger partial charge < -0.3 is 10.6 Å². The SMILES string of the molecule is CCC(CC)CNC(=O)C1CC12CCNCC2. The van der Waals surface area contributed by atoms with Gasteiger partial charge in [-0.15, -0.1) is 0 Å². The number of carbonyl (C=O) groups is 1. The summed E-state index contributed by atoms with van der Waals surface area (Å²) in [5, 5.41) is 6.54. The number of piperidine rings is 1. The molecule has 1 atom stereocenters. The van der Waals surface area contributed by atoms with Crippen LogP contribution in [-0.2, 0) is 4.79 Å². The second-order valence-corrected chi connectivity index (χ2v) is 5.80. The summed E-state index contributed by atoms with van der Waals surface area (Å²) < 4.78 is 0. The minimum atomic E-state index is 0.318. The largest absolute Gasteiger partial charge is 0.356 e. The van der Waals surface area contributed by atoms with Crippen LogP contribution in [0.3, 0.4) is 0 Å². The third-order valence-corrected chi connectivity index (χ3v) is 4.83.